The molecular formula is C54H70N6O7. The molecule has 4 aliphatic heterocycles. The normalized spacial score (nSPS) is 21.6. The van der Waals surface area contributed by atoms with Gasteiger partial charge >= 0.3 is 12.2 Å². The Hall–Kier alpha value is -5.98. The largest absolute Gasteiger partial charge is 0.453 e. The number of likely N-dealkylation sites (tertiary alicyclic amines) is 2. The number of carbonyl (C=O) groups is 5. The van der Waals surface area contributed by atoms with Gasteiger partial charge in [-0.25, -0.2) is 9.59 Å². The number of Topliss-reactive ketones (excluding diaryl/α,β-unsaturated/α-hetero) is 1. The van der Waals surface area contributed by atoms with Crippen LogP contribution in [-0.2, 0) is 35.7 Å². The zero-order valence-corrected chi connectivity index (χ0v) is 40.8. The molecule has 67 heavy (non-hydrogen) atoms. The Bertz CT molecular complexity index is 2330. The Morgan fingerprint density at radius 2 is 1.19 bits per heavy atom. The molecule has 4 amide bonds. The predicted molar refractivity (Wildman–Crippen MR) is 262 cm³/mol. The van der Waals surface area contributed by atoms with E-state index in [9.17, 15) is 24.0 Å². The van der Waals surface area contributed by atoms with Crippen LogP contribution in [-0.4, -0.2) is 96.8 Å². The van der Waals surface area contributed by atoms with Gasteiger partial charge in [-0.2, -0.15) is 0 Å². The molecule has 2 N–H and O–H groups in total. The lowest BCUT2D eigenvalue weighted by molar-refractivity contribution is -0.139. The fourth-order valence-corrected chi connectivity index (χ4v) is 10.4. The summed E-state index contributed by atoms with van der Waals surface area (Å²) in [5, 5.41) is 5.41. The first-order chi connectivity index (χ1) is 32.0. The third-order valence-corrected chi connectivity index (χ3v) is 14.1. The fourth-order valence-electron chi connectivity index (χ4n) is 10.4. The summed E-state index contributed by atoms with van der Waals surface area (Å²) in [5.41, 5.74) is 8.67. The Labute approximate surface area is 396 Å². The maximum Gasteiger partial charge on any atom is 0.407 e. The zero-order valence-electron chi connectivity index (χ0n) is 40.8. The number of ether oxygens (including phenoxy) is 2. The molecule has 4 heterocycles. The van der Waals surface area contributed by atoms with Gasteiger partial charge in [0.05, 0.1) is 44.1 Å². The molecule has 13 nitrogen and oxygen atoms in total. The Kier molecular flexibility index (Phi) is 15.3. The van der Waals surface area contributed by atoms with Gasteiger partial charge in [0, 0.05) is 37.3 Å². The number of methoxy groups -OCH3 is 2. The highest BCUT2D eigenvalue weighted by Gasteiger charge is 2.41. The molecule has 0 saturated carbocycles. The van der Waals surface area contributed by atoms with E-state index < -0.39 is 30.3 Å². The average molecular weight is 915 g/mol. The van der Waals surface area contributed by atoms with Gasteiger partial charge < -0.3 is 34.8 Å². The number of nitrogens with zero attached hydrogens (tertiary/aromatic N) is 4. The molecule has 7 rings (SSSR count). The summed E-state index contributed by atoms with van der Waals surface area (Å²) in [6.07, 6.45) is 6.72. The van der Waals surface area contributed by atoms with Gasteiger partial charge in [0.15, 0.2) is 5.78 Å². The number of benzene rings is 3. The maximum absolute atomic E-state index is 13.8. The van der Waals surface area contributed by atoms with Crippen LogP contribution in [0.5, 0.6) is 0 Å². The van der Waals surface area contributed by atoms with Crippen LogP contribution in [0.15, 0.2) is 83.9 Å². The van der Waals surface area contributed by atoms with E-state index in [-0.39, 0.29) is 59.4 Å². The minimum absolute atomic E-state index is 0.000186. The Morgan fingerprint density at radius 3 is 1.73 bits per heavy atom. The summed E-state index contributed by atoms with van der Waals surface area (Å²) in [6, 6.07) is 24.3. The summed E-state index contributed by atoms with van der Waals surface area (Å²) in [6.45, 7) is 15.4. The number of allylic oxidation sites excluding steroid dienone is 1. The Morgan fingerprint density at radius 1 is 0.672 bits per heavy atom. The minimum Gasteiger partial charge on any atom is -0.453 e. The van der Waals surface area contributed by atoms with Gasteiger partial charge in [0.2, 0.25) is 11.8 Å². The lowest BCUT2D eigenvalue weighted by Gasteiger charge is -2.34. The van der Waals surface area contributed by atoms with Crippen molar-refractivity contribution in [2.45, 2.75) is 141 Å². The first-order valence-electron chi connectivity index (χ1n) is 24.2. The second-order valence-electron chi connectivity index (χ2n) is 20.3. The molecule has 0 unspecified atom stereocenters. The van der Waals surface area contributed by atoms with Crippen molar-refractivity contribution >= 4 is 46.9 Å². The van der Waals surface area contributed by atoms with Crippen LogP contribution in [0.25, 0.3) is 5.70 Å². The van der Waals surface area contributed by atoms with Crippen molar-refractivity contribution in [1.29, 1.82) is 0 Å². The van der Waals surface area contributed by atoms with E-state index in [1.807, 2.05) is 32.6 Å². The van der Waals surface area contributed by atoms with Crippen LogP contribution < -0.4 is 15.5 Å². The van der Waals surface area contributed by atoms with Crippen molar-refractivity contribution in [3.63, 3.8) is 0 Å². The molecule has 4 aliphatic rings. The van der Waals surface area contributed by atoms with Crippen molar-refractivity contribution in [3.8, 4) is 0 Å². The molecule has 358 valence electrons. The van der Waals surface area contributed by atoms with E-state index in [1.165, 1.54) is 30.9 Å². The van der Waals surface area contributed by atoms with Gasteiger partial charge in [-0.3, -0.25) is 19.4 Å². The van der Waals surface area contributed by atoms with E-state index in [0.29, 0.717) is 25.9 Å². The van der Waals surface area contributed by atoms with Crippen LogP contribution in [0.2, 0.25) is 0 Å². The van der Waals surface area contributed by atoms with E-state index in [0.717, 1.165) is 60.3 Å². The van der Waals surface area contributed by atoms with Gasteiger partial charge in [-0.15, -0.1) is 0 Å². The summed E-state index contributed by atoms with van der Waals surface area (Å²) in [7, 11) is 2.58. The number of anilines is 1. The van der Waals surface area contributed by atoms with E-state index in [1.54, 1.807) is 4.90 Å². The average Bonchev–Trinajstić information content (AvgIpc) is 4.16. The topological polar surface area (TPSA) is 150 Å². The summed E-state index contributed by atoms with van der Waals surface area (Å²) >= 11 is 0. The number of nitrogens with one attached hydrogen (secondary N) is 2. The quantitative estimate of drug-likeness (QED) is 0.163. The highest BCUT2D eigenvalue weighted by Crippen LogP contribution is 2.47. The molecule has 3 aromatic carbocycles. The van der Waals surface area contributed by atoms with Crippen LogP contribution in [0.3, 0.4) is 0 Å². The summed E-state index contributed by atoms with van der Waals surface area (Å²) in [4.78, 5) is 76.5. The second kappa shape index (κ2) is 20.9. The van der Waals surface area contributed by atoms with Crippen molar-refractivity contribution in [2.75, 3.05) is 32.2 Å². The van der Waals surface area contributed by atoms with Crippen LogP contribution >= 0.6 is 0 Å². The molecule has 0 bridgehead atoms. The number of ketones is 1. The SMILES string of the molecule is COC(=O)N[C@H](C(=O)N1CCC[C@H]1C(=O)Cc1ccc([C@@H]2CC[C@@H](c3ccc(C4=CCC([C@@H]5CCCN5C(=O)[C@@H](NC(=O)OC)C(C)C)=N4)cc3)N2c2ccc(C(C)(C)C)cc2)cc1)C(C)C. The van der Waals surface area contributed by atoms with E-state index >= 15 is 0 Å². The summed E-state index contributed by atoms with van der Waals surface area (Å²) < 4.78 is 9.58. The number of aliphatic imine (C=N–C) groups is 1. The summed E-state index contributed by atoms with van der Waals surface area (Å²) in [5.74, 6) is -0.617. The van der Waals surface area contributed by atoms with Crippen molar-refractivity contribution in [1.82, 2.24) is 20.4 Å². The minimum atomic E-state index is -0.773. The van der Waals surface area contributed by atoms with Crippen molar-refractivity contribution in [3.05, 3.63) is 107 Å². The van der Waals surface area contributed by atoms with E-state index in [4.69, 9.17) is 14.5 Å². The van der Waals surface area contributed by atoms with E-state index in [2.05, 4.69) is 115 Å². The highest BCUT2D eigenvalue weighted by molar-refractivity contribution is 6.02. The van der Waals surface area contributed by atoms with Crippen molar-refractivity contribution < 1.29 is 33.4 Å². The molecule has 13 heteroatoms. The number of amides is 4. The lowest BCUT2D eigenvalue weighted by atomic mass is 9.87. The smallest absolute Gasteiger partial charge is 0.407 e. The molecule has 3 saturated heterocycles. The molecule has 6 atom stereocenters. The van der Waals surface area contributed by atoms with Gasteiger partial charge in [0.25, 0.3) is 0 Å². The van der Waals surface area contributed by atoms with Crippen molar-refractivity contribution in [2.24, 2.45) is 16.8 Å². The fraction of sp³-hybridized carbons (Fsp3) is 0.519. The molecular weight excluding hydrogens is 845 g/mol. The van der Waals surface area contributed by atoms with Crippen LogP contribution in [0.1, 0.15) is 133 Å². The number of carbonyl (C=O) groups excluding carboxylic acids is 5. The second-order valence-corrected chi connectivity index (χ2v) is 20.3. The molecule has 0 aliphatic carbocycles. The van der Waals surface area contributed by atoms with Gasteiger partial charge in [0.1, 0.15) is 12.1 Å². The lowest BCUT2D eigenvalue weighted by Crippen LogP contribution is -2.53. The third-order valence-electron chi connectivity index (χ3n) is 14.1. The first kappa shape index (κ1) is 48.9. The molecule has 0 spiro atoms. The van der Waals surface area contributed by atoms with Gasteiger partial charge in [-0.1, -0.05) is 115 Å². The Balaban J connectivity index is 1.07. The number of hydrogen-bond donors (Lipinski definition) is 2. The highest BCUT2D eigenvalue weighted by atomic mass is 16.5. The maximum atomic E-state index is 13.8. The molecule has 0 radical (unpaired) electrons. The number of hydrogen-bond acceptors (Lipinski definition) is 9. The first-order valence-corrected chi connectivity index (χ1v) is 24.2. The van der Waals surface area contributed by atoms with Gasteiger partial charge in [-0.05, 0) is 95.7 Å². The number of rotatable bonds is 14. The zero-order chi connectivity index (χ0) is 48.2. The van der Waals surface area contributed by atoms with Crippen LogP contribution in [0.4, 0.5) is 15.3 Å². The number of alkyl carbamates (subject to hydrolysis) is 2. The van der Waals surface area contributed by atoms with Crippen LogP contribution in [0, 0.1) is 11.8 Å². The standard InChI is InChI=1S/C54H70N6O7/c1-33(2)48(56-52(64)66-8)50(62)58-30-10-12-45(58)42-27-26-41(55-42)36-18-20-38(21-19-36)44-29-28-43(60(44)40-24-22-39(23-25-40)54(5,6)7)37-16-14-35(15-17-37)32-47(61)46-13-11-31-59(46)51(63)49(34(3)4)57-53(65)67-9/h14-26,33-34,43-46,48-49H,10-13,27-32H2,1-9H3,(H,56,64)(H,57,65)/t43-,44-,45-,46-,48-,49-/m0/s1. The predicted octanol–water partition coefficient (Wildman–Crippen LogP) is 9.11. The monoisotopic (exact) mass is 915 g/mol. The molecule has 3 aromatic rings. The molecule has 0 aromatic heterocycles. The molecule has 3 fully saturated rings. The third kappa shape index (κ3) is 10.9.